The molecule has 1 N–H and O–H groups in total. The van der Waals surface area contributed by atoms with E-state index in [0.29, 0.717) is 23.1 Å². The van der Waals surface area contributed by atoms with Crippen molar-refractivity contribution in [2.45, 2.75) is 46.6 Å². The molecule has 6 nitrogen and oxygen atoms in total. The van der Waals surface area contributed by atoms with Gasteiger partial charge in [0.25, 0.3) is 11.5 Å². The van der Waals surface area contributed by atoms with Crippen LogP contribution in [0.25, 0.3) is 16.5 Å². The number of carbonyl (C=O) groups is 1. The number of nitrogens with one attached hydrogen (secondary N) is 1. The molecular weight excluding hydrogens is 374 g/mol. The third-order valence-electron chi connectivity index (χ3n) is 4.32. The zero-order valence-electron chi connectivity index (χ0n) is 16.6. The van der Waals surface area contributed by atoms with Crippen molar-refractivity contribution in [2.24, 2.45) is 0 Å². The van der Waals surface area contributed by atoms with Gasteiger partial charge in [-0.3, -0.25) is 9.59 Å². The highest BCUT2D eigenvalue weighted by Crippen LogP contribution is 2.25. The van der Waals surface area contributed by atoms with Crippen LogP contribution in [-0.2, 0) is 0 Å². The van der Waals surface area contributed by atoms with Gasteiger partial charge < -0.3 is 10.1 Å². The second kappa shape index (κ2) is 8.56. The minimum Gasteiger partial charge on any atom is -0.494 e. The Morgan fingerprint density at radius 2 is 2.00 bits per heavy atom. The molecule has 28 heavy (non-hydrogen) atoms. The summed E-state index contributed by atoms with van der Waals surface area (Å²) >= 11 is 1.45. The lowest BCUT2D eigenvalue weighted by molar-refractivity contribution is 0.0938. The van der Waals surface area contributed by atoms with E-state index in [2.05, 4.69) is 17.3 Å². The first-order valence-corrected chi connectivity index (χ1v) is 10.4. The van der Waals surface area contributed by atoms with Gasteiger partial charge in [-0.1, -0.05) is 13.3 Å². The highest BCUT2D eigenvalue weighted by atomic mass is 32.1. The van der Waals surface area contributed by atoms with Gasteiger partial charge in [0.15, 0.2) is 5.69 Å². The zero-order chi connectivity index (χ0) is 20.3. The summed E-state index contributed by atoms with van der Waals surface area (Å²) in [6.07, 6.45) is 2.06. The molecule has 0 atom stereocenters. The van der Waals surface area contributed by atoms with Gasteiger partial charge in [-0.25, -0.2) is 0 Å². The number of hydrogen-bond donors (Lipinski definition) is 1. The van der Waals surface area contributed by atoms with E-state index in [1.54, 1.807) is 12.1 Å². The summed E-state index contributed by atoms with van der Waals surface area (Å²) in [5.41, 5.74) is 0.629. The monoisotopic (exact) mass is 399 g/mol. The van der Waals surface area contributed by atoms with Crippen molar-refractivity contribution >= 4 is 28.0 Å². The Morgan fingerprint density at radius 3 is 2.64 bits per heavy atom. The van der Waals surface area contributed by atoms with Gasteiger partial charge >= 0.3 is 0 Å². The van der Waals surface area contributed by atoms with E-state index in [0.717, 1.165) is 23.5 Å². The molecule has 0 unspecified atom stereocenters. The van der Waals surface area contributed by atoms with Crippen molar-refractivity contribution in [3.05, 3.63) is 50.6 Å². The number of rotatable bonds is 7. The van der Waals surface area contributed by atoms with Gasteiger partial charge in [0, 0.05) is 21.7 Å². The molecule has 1 amide bonds. The fourth-order valence-corrected chi connectivity index (χ4v) is 3.73. The molecule has 0 saturated heterocycles. The van der Waals surface area contributed by atoms with Gasteiger partial charge in [-0.2, -0.15) is 9.78 Å². The number of aryl methyl sites for hydroxylation is 1. The molecule has 0 spiro atoms. The van der Waals surface area contributed by atoms with Gasteiger partial charge in [0.1, 0.15) is 5.75 Å². The van der Waals surface area contributed by atoms with Crippen LogP contribution in [0.5, 0.6) is 5.75 Å². The summed E-state index contributed by atoms with van der Waals surface area (Å²) in [6, 6.07) is 7.18. The van der Waals surface area contributed by atoms with E-state index in [-0.39, 0.29) is 23.2 Å². The Bertz CT molecular complexity index is 1040. The number of nitrogens with zero attached hydrogens (tertiary/aromatic N) is 2. The summed E-state index contributed by atoms with van der Waals surface area (Å²) < 4.78 is 6.98. The maximum absolute atomic E-state index is 13.0. The Kier molecular flexibility index (Phi) is 6.14. The van der Waals surface area contributed by atoms with E-state index in [4.69, 9.17) is 4.74 Å². The molecule has 0 radical (unpaired) electrons. The number of hydrogen-bond acceptors (Lipinski definition) is 5. The maximum atomic E-state index is 13.0. The predicted molar refractivity (Wildman–Crippen MR) is 113 cm³/mol. The number of ether oxygens (including phenoxy) is 1. The molecule has 2 aromatic heterocycles. The highest BCUT2D eigenvalue weighted by Gasteiger charge is 2.20. The molecule has 1 aromatic carbocycles. The SMILES string of the molecule is CCCCOc1ccc(-n2nc(C(=O)NC(C)C)c3csc(C)c3c2=O)cc1. The van der Waals surface area contributed by atoms with Crippen LogP contribution < -0.4 is 15.6 Å². The third-order valence-corrected chi connectivity index (χ3v) is 5.23. The van der Waals surface area contributed by atoms with Crippen LogP contribution in [0.4, 0.5) is 0 Å². The molecular formula is C21H25N3O3S. The van der Waals surface area contributed by atoms with Crippen LogP contribution in [0.15, 0.2) is 34.4 Å². The maximum Gasteiger partial charge on any atom is 0.280 e. The fourth-order valence-electron chi connectivity index (χ4n) is 2.89. The van der Waals surface area contributed by atoms with Crippen molar-refractivity contribution < 1.29 is 9.53 Å². The second-order valence-electron chi connectivity index (χ2n) is 6.97. The van der Waals surface area contributed by atoms with E-state index >= 15 is 0 Å². The number of thiophene rings is 1. The molecule has 0 saturated carbocycles. The molecule has 0 fully saturated rings. The minimum atomic E-state index is -0.286. The Hall–Kier alpha value is -2.67. The summed E-state index contributed by atoms with van der Waals surface area (Å²) in [5, 5.41) is 10.2. The van der Waals surface area contributed by atoms with Gasteiger partial charge in [-0.05, 0) is 51.5 Å². The lowest BCUT2D eigenvalue weighted by atomic mass is 10.2. The molecule has 2 heterocycles. The van der Waals surface area contributed by atoms with Gasteiger partial charge in [0.2, 0.25) is 0 Å². The first-order valence-electron chi connectivity index (χ1n) is 9.47. The molecule has 7 heteroatoms. The van der Waals surface area contributed by atoms with Gasteiger partial charge in [-0.15, -0.1) is 11.3 Å². The molecule has 0 aliphatic carbocycles. The number of unbranched alkanes of at least 4 members (excludes halogenated alkanes) is 1. The van der Waals surface area contributed by atoms with E-state index in [1.807, 2.05) is 38.3 Å². The van der Waals surface area contributed by atoms with E-state index in [1.165, 1.54) is 16.0 Å². The zero-order valence-corrected chi connectivity index (χ0v) is 17.4. The second-order valence-corrected chi connectivity index (χ2v) is 8.05. The predicted octanol–water partition coefficient (Wildman–Crippen LogP) is 4.07. The molecule has 0 bridgehead atoms. The van der Waals surface area contributed by atoms with Crippen LogP contribution in [0.2, 0.25) is 0 Å². The van der Waals surface area contributed by atoms with Crippen LogP contribution in [0.1, 0.15) is 49.0 Å². The Morgan fingerprint density at radius 1 is 1.29 bits per heavy atom. The molecule has 3 rings (SSSR count). The Labute approximate surface area is 168 Å². The molecule has 3 aromatic rings. The summed E-state index contributed by atoms with van der Waals surface area (Å²) in [5.74, 6) is 0.460. The molecule has 0 aliphatic heterocycles. The number of fused-ring (bicyclic) bond motifs is 1. The normalized spacial score (nSPS) is 11.2. The Balaban J connectivity index is 2.05. The van der Waals surface area contributed by atoms with Gasteiger partial charge in [0.05, 0.1) is 17.7 Å². The van der Waals surface area contributed by atoms with E-state index in [9.17, 15) is 9.59 Å². The summed E-state index contributed by atoms with van der Waals surface area (Å²) in [6.45, 7) is 8.43. The van der Waals surface area contributed by atoms with Crippen molar-refractivity contribution in [1.29, 1.82) is 0 Å². The first-order chi connectivity index (χ1) is 13.4. The topological polar surface area (TPSA) is 73.2 Å². The number of amides is 1. The molecule has 0 aliphatic rings. The van der Waals surface area contributed by atoms with Crippen LogP contribution >= 0.6 is 11.3 Å². The highest BCUT2D eigenvalue weighted by molar-refractivity contribution is 7.11. The summed E-state index contributed by atoms with van der Waals surface area (Å²) in [7, 11) is 0. The van der Waals surface area contributed by atoms with Crippen LogP contribution in [-0.4, -0.2) is 28.3 Å². The smallest absolute Gasteiger partial charge is 0.280 e. The number of aromatic nitrogens is 2. The van der Waals surface area contributed by atoms with E-state index < -0.39 is 0 Å². The fraction of sp³-hybridized carbons (Fsp3) is 0.381. The average molecular weight is 400 g/mol. The van der Waals surface area contributed by atoms with Crippen molar-refractivity contribution in [3.8, 4) is 11.4 Å². The lowest BCUT2D eigenvalue weighted by Gasteiger charge is -2.12. The lowest BCUT2D eigenvalue weighted by Crippen LogP contribution is -2.33. The van der Waals surface area contributed by atoms with Crippen molar-refractivity contribution in [1.82, 2.24) is 15.1 Å². The van der Waals surface area contributed by atoms with Crippen LogP contribution in [0.3, 0.4) is 0 Å². The standard InChI is InChI=1S/C21H25N3O3S/c1-5-6-11-27-16-9-7-15(8-10-16)24-21(26)18-14(4)28-12-17(18)19(23-24)20(25)22-13(2)3/h7-10,12-13H,5-6,11H2,1-4H3,(H,22,25). The van der Waals surface area contributed by atoms with Crippen molar-refractivity contribution in [2.75, 3.05) is 6.61 Å². The molecule has 148 valence electrons. The summed E-state index contributed by atoms with van der Waals surface area (Å²) in [4.78, 5) is 26.6. The average Bonchev–Trinajstić information content (AvgIpc) is 3.05. The third kappa shape index (κ3) is 4.09. The minimum absolute atomic E-state index is 0.0241. The number of carbonyl (C=O) groups excluding carboxylic acids is 1. The van der Waals surface area contributed by atoms with Crippen LogP contribution in [0, 0.1) is 6.92 Å². The number of benzene rings is 1. The largest absolute Gasteiger partial charge is 0.494 e. The van der Waals surface area contributed by atoms with Crippen molar-refractivity contribution in [3.63, 3.8) is 0 Å². The quantitative estimate of drug-likeness (QED) is 0.608. The first kappa shape index (κ1) is 20.1.